The molecule has 0 radical (unpaired) electrons. The molecular weight excluding hydrogens is 254 g/mol. The molecule has 1 aromatic carbocycles. The van der Waals surface area contributed by atoms with Crippen LogP contribution in [0.1, 0.15) is 10.5 Å². The lowest BCUT2D eigenvalue weighted by Crippen LogP contribution is -2.14. The summed E-state index contributed by atoms with van der Waals surface area (Å²) in [5, 5.41) is 0.351. The zero-order chi connectivity index (χ0) is 11.9. The molecule has 0 spiro atoms. The molecule has 0 saturated carbocycles. The Bertz CT molecular complexity index is 601. The predicted octanol–water partition coefficient (Wildman–Crippen LogP) is 2.78. The lowest BCUT2D eigenvalue weighted by Gasteiger charge is -2.06. The van der Waals surface area contributed by atoms with E-state index < -0.39 is 11.7 Å². The molecule has 82 valence electrons. The van der Waals surface area contributed by atoms with Crippen molar-refractivity contribution in [3.8, 4) is 0 Å². The fraction of sp³-hybridized carbons (Fsp3) is 0. The molecule has 0 saturated heterocycles. The predicted molar refractivity (Wildman–Crippen MR) is 60.2 cm³/mol. The van der Waals surface area contributed by atoms with E-state index in [9.17, 15) is 9.18 Å². The Kier molecular flexibility index (Phi) is 2.69. The second-order valence-corrected chi connectivity index (χ2v) is 3.84. The number of nitrogens with zero attached hydrogens (tertiary/aromatic N) is 1. The van der Waals surface area contributed by atoms with Crippen LogP contribution in [0, 0.1) is 5.82 Å². The van der Waals surface area contributed by atoms with E-state index in [1.807, 2.05) is 0 Å². The number of hydrogen-bond acceptors (Lipinski definition) is 2. The quantitative estimate of drug-likeness (QED) is 0.855. The summed E-state index contributed by atoms with van der Waals surface area (Å²) in [5.41, 5.74) is 4.80. The van der Waals surface area contributed by atoms with Crippen molar-refractivity contribution in [2.24, 2.45) is 5.73 Å². The molecule has 6 heteroatoms. The van der Waals surface area contributed by atoms with Gasteiger partial charge in [-0.15, -0.1) is 0 Å². The van der Waals surface area contributed by atoms with Gasteiger partial charge in [-0.3, -0.25) is 4.79 Å². The van der Waals surface area contributed by atoms with Crippen LogP contribution in [-0.4, -0.2) is 10.9 Å². The molecule has 1 aromatic heterocycles. The molecule has 16 heavy (non-hydrogen) atoms. The Balaban J connectivity index is 2.94. The van der Waals surface area contributed by atoms with Gasteiger partial charge in [0.25, 0.3) is 5.91 Å². The van der Waals surface area contributed by atoms with Crippen LogP contribution in [0.2, 0.25) is 10.0 Å². The number of hydrogen-bond donors (Lipinski definition) is 1. The number of nitrogens with two attached hydrogens (primary N) is 1. The van der Waals surface area contributed by atoms with Gasteiger partial charge in [-0.05, 0) is 6.07 Å². The summed E-state index contributed by atoms with van der Waals surface area (Å²) in [4.78, 5) is 14.8. The highest BCUT2D eigenvalue weighted by atomic mass is 35.5. The minimum atomic E-state index is -0.850. The molecule has 3 nitrogen and oxygen atoms in total. The minimum absolute atomic E-state index is 0.0225. The maximum absolute atomic E-state index is 13.4. The van der Waals surface area contributed by atoms with Crippen molar-refractivity contribution in [3.05, 3.63) is 39.8 Å². The zero-order valence-electron chi connectivity index (χ0n) is 7.80. The molecule has 0 fully saturated rings. The monoisotopic (exact) mass is 258 g/mol. The standard InChI is InChI=1S/C10H5Cl2FN2O/c11-6-4-2-1-3-5(13)8(4)15-9(7(6)12)10(14)16/h1-3H,(H2,14,16). The van der Waals surface area contributed by atoms with Gasteiger partial charge < -0.3 is 5.73 Å². The van der Waals surface area contributed by atoms with Gasteiger partial charge in [0.2, 0.25) is 0 Å². The Morgan fingerprint density at radius 1 is 1.31 bits per heavy atom. The van der Waals surface area contributed by atoms with Crippen LogP contribution in [0.4, 0.5) is 4.39 Å². The summed E-state index contributed by atoms with van der Waals surface area (Å²) in [6.07, 6.45) is 0. The third-order valence-electron chi connectivity index (χ3n) is 2.08. The molecule has 0 bridgehead atoms. The van der Waals surface area contributed by atoms with Crippen molar-refractivity contribution < 1.29 is 9.18 Å². The first-order valence-corrected chi connectivity index (χ1v) is 5.01. The van der Waals surface area contributed by atoms with Gasteiger partial charge in [0, 0.05) is 5.39 Å². The Morgan fingerprint density at radius 3 is 2.62 bits per heavy atom. The highest BCUT2D eigenvalue weighted by Crippen LogP contribution is 2.32. The molecule has 1 heterocycles. The fourth-order valence-electron chi connectivity index (χ4n) is 1.35. The van der Waals surface area contributed by atoms with E-state index in [-0.39, 0.29) is 21.3 Å². The van der Waals surface area contributed by atoms with E-state index in [1.54, 1.807) is 6.07 Å². The first kappa shape index (κ1) is 11.1. The Hall–Kier alpha value is -1.39. The highest BCUT2D eigenvalue weighted by Gasteiger charge is 2.17. The molecule has 2 N–H and O–H groups in total. The number of benzene rings is 1. The number of para-hydroxylation sites is 1. The third-order valence-corrected chi connectivity index (χ3v) is 2.94. The SMILES string of the molecule is NC(=O)c1nc2c(F)cccc2c(Cl)c1Cl. The van der Waals surface area contributed by atoms with Crippen molar-refractivity contribution in [2.75, 3.05) is 0 Å². The van der Waals surface area contributed by atoms with Crippen molar-refractivity contribution in [1.29, 1.82) is 0 Å². The summed E-state index contributed by atoms with van der Waals surface area (Å²) < 4.78 is 13.4. The molecule has 2 rings (SSSR count). The molecule has 0 atom stereocenters. The average molecular weight is 259 g/mol. The lowest BCUT2D eigenvalue weighted by atomic mass is 10.2. The van der Waals surface area contributed by atoms with E-state index in [2.05, 4.69) is 4.98 Å². The molecular formula is C10H5Cl2FN2O. The van der Waals surface area contributed by atoms with Gasteiger partial charge >= 0.3 is 0 Å². The summed E-state index contributed by atoms with van der Waals surface area (Å²) in [7, 11) is 0. The van der Waals surface area contributed by atoms with Crippen molar-refractivity contribution in [1.82, 2.24) is 4.98 Å². The van der Waals surface area contributed by atoms with Crippen molar-refractivity contribution >= 4 is 40.0 Å². The maximum Gasteiger partial charge on any atom is 0.268 e. The van der Waals surface area contributed by atoms with Crippen LogP contribution in [0.15, 0.2) is 18.2 Å². The number of fused-ring (bicyclic) bond motifs is 1. The molecule has 0 unspecified atom stereocenters. The van der Waals surface area contributed by atoms with E-state index in [0.29, 0.717) is 5.39 Å². The van der Waals surface area contributed by atoms with Gasteiger partial charge in [0.1, 0.15) is 17.0 Å². The van der Waals surface area contributed by atoms with E-state index >= 15 is 0 Å². The number of primary amides is 1. The molecule has 2 aromatic rings. The zero-order valence-corrected chi connectivity index (χ0v) is 9.31. The summed E-state index contributed by atoms with van der Waals surface area (Å²) >= 11 is 11.7. The highest BCUT2D eigenvalue weighted by molar-refractivity contribution is 6.46. The Morgan fingerprint density at radius 2 is 2.00 bits per heavy atom. The van der Waals surface area contributed by atoms with Crippen LogP contribution in [0.25, 0.3) is 10.9 Å². The van der Waals surface area contributed by atoms with Crippen LogP contribution >= 0.6 is 23.2 Å². The molecule has 0 aliphatic rings. The van der Waals surface area contributed by atoms with Gasteiger partial charge in [0.15, 0.2) is 0 Å². The topological polar surface area (TPSA) is 56.0 Å². The minimum Gasteiger partial charge on any atom is -0.364 e. The molecule has 0 aliphatic carbocycles. The van der Waals surface area contributed by atoms with Gasteiger partial charge in [-0.1, -0.05) is 35.3 Å². The second-order valence-electron chi connectivity index (χ2n) is 3.09. The normalized spacial score (nSPS) is 10.7. The third kappa shape index (κ3) is 1.60. The van der Waals surface area contributed by atoms with Crippen LogP contribution in [-0.2, 0) is 0 Å². The van der Waals surface area contributed by atoms with Crippen LogP contribution in [0.5, 0.6) is 0 Å². The smallest absolute Gasteiger partial charge is 0.268 e. The number of rotatable bonds is 1. The van der Waals surface area contributed by atoms with Crippen molar-refractivity contribution in [3.63, 3.8) is 0 Å². The van der Waals surface area contributed by atoms with Crippen LogP contribution in [0.3, 0.4) is 0 Å². The summed E-state index contributed by atoms with van der Waals surface area (Å²) in [5.74, 6) is -1.43. The molecule has 1 amide bonds. The van der Waals surface area contributed by atoms with Gasteiger partial charge in [-0.2, -0.15) is 0 Å². The number of amides is 1. The second kappa shape index (κ2) is 3.88. The average Bonchev–Trinajstić information content (AvgIpc) is 2.23. The molecule has 0 aliphatic heterocycles. The number of aromatic nitrogens is 1. The maximum atomic E-state index is 13.4. The van der Waals surface area contributed by atoms with E-state index in [1.165, 1.54) is 12.1 Å². The summed E-state index contributed by atoms with van der Waals surface area (Å²) in [6.45, 7) is 0. The first-order chi connectivity index (χ1) is 7.52. The number of pyridine rings is 1. The van der Waals surface area contributed by atoms with E-state index in [0.717, 1.165) is 0 Å². The number of carbonyl (C=O) groups excluding carboxylic acids is 1. The van der Waals surface area contributed by atoms with Gasteiger partial charge in [-0.25, -0.2) is 9.37 Å². The first-order valence-electron chi connectivity index (χ1n) is 4.25. The van der Waals surface area contributed by atoms with E-state index in [4.69, 9.17) is 28.9 Å². The van der Waals surface area contributed by atoms with Gasteiger partial charge in [0.05, 0.1) is 10.0 Å². The number of halogens is 3. The number of carbonyl (C=O) groups is 1. The Labute approximate surface area is 100.0 Å². The van der Waals surface area contributed by atoms with Crippen LogP contribution < -0.4 is 5.73 Å². The lowest BCUT2D eigenvalue weighted by molar-refractivity contribution is 0.0996. The fourth-order valence-corrected chi connectivity index (χ4v) is 1.83. The van der Waals surface area contributed by atoms with Crippen molar-refractivity contribution in [2.45, 2.75) is 0 Å². The summed E-state index contributed by atoms with van der Waals surface area (Å²) in [6, 6.07) is 4.25. The largest absolute Gasteiger partial charge is 0.364 e.